The largest absolute Gasteiger partial charge is 0.508 e. The van der Waals surface area contributed by atoms with Gasteiger partial charge in [0.2, 0.25) is 0 Å². The number of hydrogen-bond acceptors (Lipinski definition) is 3. The first-order valence-corrected chi connectivity index (χ1v) is 7.71. The normalized spacial score (nSPS) is 16.6. The lowest BCUT2D eigenvalue weighted by molar-refractivity contribution is 0.211. The summed E-state index contributed by atoms with van der Waals surface area (Å²) >= 11 is 0. The molecule has 0 bridgehead atoms. The van der Waals surface area contributed by atoms with E-state index in [1.807, 2.05) is 18.2 Å². The summed E-state index contributed by atoms with van der Waals surface area (Å²) in [6.07, 6.45) is 2.09. The van der Waals surface area contributed by atoms with E-state index in [0.717, 1.165) is 43.7 Å². The van der Waals surface area contributed by atoms with Crippen molar-refractivity contribution in [2.45, 2.75) is 25.4 Å². The zero-order valence-electron chi connectivity index (χ0n) is 12.5. The second kappa shape index (κ2) is 6.79. The van der Waals surface area contributed by atoms with E-state index in [2.05, 4.69) is 10.2 Å². The van der Waals surface area contributed by atoms with Crippen molar-refractivity contribution in [3.05, 3.63) is 59.9 Å². The van der Waals surface area contributed by atoms with Crippen molar-refractivity contribution in [1.82, 2.24) is 4.90 Å². The zero-order valence-corrected chi connectivity index (χ0v) is 12.5. The first-order chi connectivity index (χ1) is 10.7. The molecule has 22 heavy (non-hydrogen) atoms. The van der Waals surface area contributed by atoms with Crippen LogP contribution in [0.3, 0.4) is 0 Å². The van der Waals surface area contributed by atoms with Crippen LogP contribution in [-0.2, 0) is 6.54 Å². The fourth-order valence-electron chi connectivity index (χ4n) is 2.96. The SMILES string of the molecule is Oc1cccc(NC2CCN(Cc3cccc(F)c3)CC2)c1. The van der Waals surface area contributed by atoms with Crippen LogP contribution < -0.4 is 5.32 Å². The van der Waals surface area contributed by atoms with Gasteiger partial charge in [0.15, 0.2) is 0 Å². The molecule has 0 radical (unpaired) electrons. The summed E-state index contributed by atoms with van der Waals surface area (Å²) in [7, 11) is 0. The Kier molecular flexibility index (Phi) is 4.59. The predicted octanol–water partition coefficient (Wildman–Crippen LogP) is 3.61. The molecule has 2 aromatic rings. The second-order valence-corrected chi connectivity index (χ2v) is 5.88. The fraction of sp³-hybridized carbons (Fsp3) is 0.333. The maximum Gasteiger partial charge on any atom is 0.123 e. The molecule has 0 atom stereocenters. The third kappa shape index (κ3) is 3.98. The van der Waals surface area contributed by atoms with Gasteiger partial charge in [0.25, 0.3) is 0 Å². The highest BCUT2D eigenvalue weighted by atomic mass is 19.1. The highest BCUT2D eigenvalue weighted by Gasteiger charge is 2.19. The monoisotopic (exact) mass is 300 g/mol. The Morgan fingerprint density at radius 2 is 1.86 bits per heavy atom. The first kappa shape index (κ1) is 14.9. The number of halogens is 1. The Balaban J connectivity index is 1.50. The molecule has 1 fully saturated rings. The van der Waals surface area contributed by atoms with Crippen molar-refractivity contribution >= 4 is 5.69 Å². The summed E-state index contributed by atoms with van der Waals surface area (Å²) in [5.41, 5.74) is 1.99. The second-order valence-electron chi connectivity index (χ2n) is 5.88. The molecular formula is C18H21FN2O. The van der Waals surface area contributed by atoms with Crippen LogP contribution in [-0.4, -0.2) is 29.1 Å². The third-order valence-electron chi connectivity index (χ3n) is 4.10. The topological polar surface area (TPSA) is 35.5 Å². The van der Waals surface area contributed by atoms with Crippen LogP contribution in [0.2, 0.25) is 0 Å². The average Bonchev–Trinajstić information content (AvgIpc) is 2.49. The molecule has 3 nitrogen and oxygen atoms in total. The van der Waals surface area contributed by atoms with Gasteiger partial charge in [-0.2, -0.15) is 0 Å². The molecule has 1 aliphatic rings. The molecule has 1 saturated heterocycles. The van der Waals surface area contributed by atoms with Gasteiger partial charge in [-0.1, -0.05) is 18.2 Å². The molecule has 0 unspecified atom stereocenters. The number of anilines is 1. The molecule has 4 heteroatoms. The van der Waals surface area contributed by atoms with E-state index in [1.54, 1.807) is 24.3 Å². The number of piperidine rings is 1. The van der Waals surface area contributed by atoms with Gasteiger partial charge in [0.05, 0.1) is 0 Å². The third-order valence-corrected chi connectivity index (χ3v) is 4.10. The quantitative estimate of drug-likeness (QED) is 0.905. The average molecular weight is 300 g/mol. The van der Waals surface area contributed by atoms with E-state index in [9.17, 15) is 9.50 Å². The van der Waals surface area contributed by atoms with Gasteiger partial charge in [-0.15, -0.1) is 0 Å². The summed E-state index contributed by atoms with van der Waals surface area (Å²) in [6, 6.07) is 14.5. The Bertz CT molecular complexity index is 568. The zero-order chi connectivity index (χ0) is 15.4. The minimum Gasteiger partial charge on any atom is -0.508 e. The van der Waals surface area contributed by atoms with Gasteiger partial charge < -0.3 is 10.4 Å². The summed E-state index contributed by atoms with van der Waals surface area (Å²) in [5, 5.41) is 13.0. The van der Waals surface area contributed by atoms with Gasteiger partial charge in [0, 0.05) is 37.4 Å². The van der Waals surface area contributed by atoms with E-state index in [0.29, 0.717) is 6.04 Å². The van der Waals surface area contributed by atoms with Gasteiger partial charge in [0.1, 0.15) is 11.6 Å². The highest BCUT2D eigenvalue weighted by Crippen LogP contribution is 2.21. The fourth-order valence-corrected chi connectivity index (χ4v) is 2.96. The maximum atomic E-state index is 13.2. The van der Waals surface area contributed by atoms with E-state index in [-0.39, 0.29) is 11.6 Å². The molecule has 0 amide bonds. The molecule has 3 rings (SSSR count). The van der Waals surface area contributed by atoms with Crippen molar-refractivity contribution in [3.63, 3.8) is 0 Å². The Hall–Kier alpha value is -2.07. The van der Waals surface area contributed by atoms with E-state index in [4.69, 9.17) is 0 Å². The number of nitrogens with zero attached hydrogens (tertiary/aromatic N) is 1. The molecule has 2 N–H and O–H groups in total. The van der Waals surface area contributed by atoms with Crippen LogP contribution in [0.15, 0.2) is 48.5 Å². The molecule has 2 aromatic carbocycles. The summed E-state index contributed by atoms with van der Waals surface area (Å²) in [4.78, 5) is 2.36. The Morgan fingerprint density at radius 3 is 2.59 bits per heavy atom. The minimum atomic E-state index is -0.169. The van der Waals surface area contributed by atoms with Crippen molar-refractivity contribution in [2.75, 3.05) is 18.4 Å². The maximum absolute atomic E-state index is 13.2. The predicted molar refractivity (Wildman–Crippen MR) is 86.4 cm³/mol. The van der Waals surface area contributed by atoms with E-state index < -0.39 is 0 Å². The van der Waals surface area contributed by atoms with Gasteiger partial charge in [-0.3, -0.25) is 4.90 Å². The summed E-state index contributed by atoms with van der Waals surface area (Å²) in [5.74, 6) is 0.117. The molecular weight excluding hydrogens is 279 g/mol. The number of hydrogen-bond donors (Lipinski definition) is 2. The van der Waals surface area contributed by atoms with Crippen molar-refractivity contribution in [2.24, 2.45) is 0 Å². The molecule has 0 saturated carbocycles. The van der Waals surface area contributed by atoms with Crippen molar-refractivity contribution < 1.29 is 9.50 Å². The van der Waals surface area contributed by atoms with Gasteiger partial charge in [-0.05, 0) is 42.7 Å². The van der Waals surface area contributed by atoms with Crippen LogP contribution in [0.4, 0.5) is 10.1 Å². The number of phenols is 1. The standard InChI is InChI=1S/C18H21FN2O/c19-15-4-1-3-14(11-15)13-21-9-7-16(8-10-21)20-17-5-2-6-18(22)12-17/h1-6,11-12,16,20,22H,7-10,13H2. The van der Waals surface area contributed by atoms with E-state index in [1.165, 1.54) is 6.07 Å². The number of nitrogens with one attached hydrogen (secondary N) is 1. The number of phenolic OH excluding ortho intramolecular Hbond substituents is 1. The summed E-state index contributed by atoms with van der Waals surface area (Å²) < 4.78 is 13.2. The lowest BCUT2D eigenvalue weighted by atomic mass is 10.0. The molecule has 1 heterocycles. The minimum absolute atomic E-state index is 0.169. The molecule has 0 aliphatic carbocycles. The smallest absolute Gasteiger partial charge is 0.123 e. The Morgan fingerprint density at radius 1 is 1.09 bits per heavy atom. The van der Waals surface area contributed by atoms with Gasteiger partial charge in [-0.25, -0.2) is 4.39 Å². The number of benzene rings is 2. The number of rotatable bonds is 4. The summed E-state index contributed by atoms with van der Waals surface area (Å²) in [6.45, 7) is 2.79. The lowest BCUT2D eigenvalue weighted by Crippen LogP contribution is -2.38. The molecule has 116 valence electrons. The van der Waals surface area contributed by atoms with Crippen LogP contribution in [0.1, 0.15) is 18.4 Å². The van der Waals surface area contributed by atoms with Crippen LogP contribution >= 0.6 is 0 Å². The van der Waals surface area contributed by atoms with Gasteiger partial charge >= 0.3 is 0 Å². The Labute approximate surface area is 130 Å². The first-order valence-electron chi connectivity index (χ1n) is 7.71. The van der Waals surface area contributed by atoms with Crippen molar-refractivity contribution in [3.8, 4) is 5.75 Å². The number of aromatic hydroxyl groups is 1. The van der Waals surface area contributed by atoms with Crippen LogP contribution in [0.25, 0.3) is 0 Å². The van der Waals surface area contributed by atoms with E-state index >= 15 is 0 Å². The molecule has 0 aromatic heterocycles. The highest BCUT2D eigenvalue weighted by molar-refractivity contribution is 5.48. The molecule has 0 spiro atoms. The lowest BCUT2D eigenvalue weighted by Gasteiger charge is -2.33. The van der Waals surface area contributed by atoms with Crippen LogP contribution in [0.5, 0.6) is 5.75 Å². The molecule has 1 aliphatic heterocycles. The number of likely N-dealkylation sites (tertiary alicyclic amines) is 1. The van der Waals surface area contributed by atoms with Crippen molar-refractivity contribution in [1.29, 1.82) is 0 Å². The van der Waals surface area contributed by atoms with Crippen LogP contribution in [0, 0.1) is 5.82 Å².